The van der Waals surface area contributed by atoms with Crippen molar-refractivity contribution in [2.75, 3.05) is 13.1 Å². The maximum absolute atomic E-state index is 13.3. The molecule has 32 heavy (non-hydrogen) atoms. The fourth-order valence-electron chi connectivity index (χ4n) is 6.21. The van der Waals surface area contributed by atoms with Crippen LogP contribution in [0, 0.1) is 16.6 Å². The molecule has 6 rings (SSSR count). The van der Waals surface area contributed by atoms with Crippen molar-refractivity contribution in [3.05, 3.63) is 77.2 Å². The molecule has 0 radical (unpaired) electrons. The molecule has 1 N–H and O–H groups in total. The SMILES string of the molecule is CC[C@@]12C=C(C(=N)N=Cc3ccc(F)cc3)n3c4c(c5ccccc53)CCN(CCC1)[C@H]42. The molecule has 5 heteroatoms. The van der Waals surface area contributed by atoms with E-state index >= 15 is 0 Å². The highest BCUT2D eigenvalue weighted by Crippen LogP contribution is 2.57. The molecular weight excluding hydrogens is 399 g/mol. The number of nitrogens with zero attached hydrogens (tertiary/aromatic N) is 3. The van der Waals surface area contributed by atoms with E-state index in [-0.39, 0.29) is 17.1 Å². The Morgan fingerprint density at radius 1 is 1.19 bits per heavy atom. The second-order valence-electron chi connectivity index (χ2n) is 9.28. The molecule has 0 unspecified atom stereocenters. The highest BCUT2D eigenvalue weighted by molar-refractivity contribution is 6.20. The van der Waals surface area contributed by atoms with Crippen molar-refractivity contribution in [1.29, 1.82) is 5.41 Å². The first kappa shape index (κ1) is 19.6. The Morgan fingerprint density at radius 3 is 2.81 bits per heavy atom. The van der Waals surface area contributed by atoms with Gasteiger partial charge in [-0.15, -0.1) is 0 Å². The number of nitrogens with one attached hydrogen (secondary N) is 1. The van der Waals surface area contributed by atoms with Crippen molar-refractivity contribution in [2.24, 2.45) is 10.4 Å². The molecule has 0 spiro atoms. The van der Waals surface area contributed by atoms with Crippen molar-refractivity contribution >= 4 is 28.7 Å². The summed E-state index contributed by atoms with van der Waals surface area (Å²) in [6, 6.07) is 15.2. The number of amidine groups is 1. The first-order valence-corrected chi connectivity index (χ1v) is 11.6. The molecule has 3 aliphatic heterocycles. The van der Waals surface area contributed by atoms with Gasteiger partial charge in [0, 0.05) is 29.3 Å². The first-order chi connectivity index (χ1) is 15.6. The van der Waals surface area contributed by atoms with Crippen LogP contribution in [0.1, 0.15) is 49.0 Å². The minimum absolute atomic E-state index is 0.0326. The van der Waals surface area contributed by atoms with Crippen molar-refractivity contribution in [3.8, 4) is 0 Å². The first-order valence-electron chi connectivity index (χ1n) is 11.6. The van der Waals surface area contributed by atoms with Crippen molar-refractivity contribution in [1.82, 2.24) is 9.47 Å². The van der Waals surface area contributed by atoms with Crippen LogP contribution in [0.25, 0.3) is 16.6 Å². The van der Waals surface area contributed by atoms with Gasteiger partial charge in [-0.25, -0.2) is 9.38 Å². The van der Waals surface area contributed by atoms with Crippen molar-refractivity contribution in [3.63, 3.8) is 0 Å². The van der Waals surface area contributed by atoms with Crippen LogP contribution in [0.4, 0.5) is 4.39 Å². The molecule has 4 nitrogen and oxygen atoms in total. The summed E-state index contributed by atoms with van der Waals surface area (Å²) in [4.78, 5) is 7.21. The predicted octanol–water partition coefficient (Wildman–Crippen LogP) is 5.82. The minimum Gasteiger partial charge on any atom is -0.308 e. The zero-order valence-corrected chi connectivity index (χ0v) is 18.3. The number of halogens is 1. The maximum atomic E-state index is 13.3. The molecule has 2 aromatic carbocycles. The topological polar surface area (TPSA) is 44.4 Å². The average molecular weight is 427 g/mol. The van der Waals surface area contributed by atoms with Gasteiger partial charge >= 0.3 is 0 Å². The van der Waals surface area contributed by atoms with Gasteiger partial charge in [0.1, 0.15) is 5.82 Å². The van der Waals surface area contributed by atoms with Gasteiger partial charge in [0.15, 0.2) is 5.84 Å². The van der Waals surface area contributed by atoms with Crippen LogP contribution in [0.5, 0.6) is 0 Å². The molecule has 3 aliphatic rings. The Bertz CT molecular complexity index is 1280. The highest BCUT2D eigenvalue weighted by Gasteiger charge is 2.50. The van der Waals surface area contributed by atoms with E-state index in [4.69, 9.17) is 5.41 Å². The van der Waals surface area contributed by atoms with Gasteiger partial charge in [0.2, 0.25) is 0 Å². The van der Waals surface area contributed by atoms with Crippen LogP contribution in [-0.2, 0) is 6.42 Å². The van der Waals surface area contributed by atoms with Crippen LogP contribution >= 0.6 is 0 Å². The van der Waals surface area contributed by atoms with E-state index in [1.807, 2.05) is 0 Å². The lowest BCUT2D eigenvalue weighted by molar-refractivity contribution is 0.0273. The molecule has 1 saturated heterocycles. The third-order valence-corrected chi connectivity index (χ3v) is 7.70. The average Bonchev–Trinajstić information content (AvgIpc) is 3.17. The molecule has 162 valence electrons. The quantitative estimate of drug-likeness (QED) is 0.416. The molecule has 2 atom stereocenters. The molecule has 0 bridgehead atoms. The fourth-order valence-corrected chi connectivity index (χ4v) is 6.21. The maximum Gasteiger partial charge on any atom is 0.168 e. The monoisotopic (exact) mass is 426 g/mol. The number of aliphatic imine (C=N–C) groups is 1. The lowest BCUT2D eigenvalue weighted by Gasteiger charge is -2.53. The summed E-state index contributed by atoms with van der Waals surface area (Å²) in [6.45, 7) is 4.54. The fraction of sp³-hybridized carbons (Fsp3) is 0.333. The Kier molecular flexibility index (Phi) is 4.44. The number of rotatable bonds is 3. The van der Waals surface area contributed by atoms with E-state index in [1.54, 1.807) is 18.3 Å². The Morgan fingerprint density at radius 2 is 2.00 bits per heavy atom. The molecule has 1 aromatic heterocycles. The number of aromatic nitrogens is 1. The van der Waals surface area contributed by atoms with E-state index in [0.29, 0.717) is 6.04 Å². The molecule has 3 aromatic rings. The normalized spacial score (nSPS) is 24.6. The van der Waals surface area contributed by atoms with Gasteiger partial charge < -0.3 is 4.57 Å². The molecule has 1 fully saturated rings. The lowest BCUT2D eigenvalue weighted by atomic mass is 9.66. The Labute approximate surface area is 187 Å². The Hall–Kier alpha value is -3.05. The molecule has 4 heterocycles. The van der Waals surface area contributed by atoms with E-state index in [2.05, 4.69) is 51.7 Å². The lowest BCUT2D eigenvalue weighted by Crippen LogP contribution is -2.51. The third-order valence-electron chi connectivity index (χ3n) is 7.70. The van der Waals surface area contributed by atoms with Crippen LogP contribution in [0.3, 0.4) is 0 Å². The van der Waals surface area contributed by atoms with Crippen molar-refractivity contribution < 1.29 is 4.39 Å². The summed E-state index contributed by atoms with van der Waals surface area (Å²) in [5.74, 6) is -0.0118. The number of benzene rings is 2. The van der Waals surface area contributed by atoms with E-state index in [1.165, 1.54) is 40.7 Å². The molecule has 0 amide bonds. The van der Waals surface area contributed by atoms with Gasteiger partial charge in [-0.1, -0.05) is 37.3 Å². The van der Waals surface area contributed by atoms with Crippen LogP contribution in [0.15, 0.2) is 59.6 Å². The predicted molar refractivity (Wildman–Crippen MR) is 128 cm³/mol. The highest BCUT2D eigenvalue weighted by atomic mass is 19.1. The van der Waals surface area contributed by atoms with Gasteiger partial charge in [-0.05, 0) is 67.6 Å². The summed E-state index contributed by atoms with van der Waals surface area (Å²) in [5.41, 5.74) is 5.69. The molecule has 0 aliphatic carbocycles. The van der Waals surface area contributed by atoms with Gasteiger partial charge in [-0.3, -0.25) is 10.3 Å². The second-order valence-corrected chi connectivity index (χ2v) is 9.28. The minimum atomic E-state index is -0.268. The number of piperidine rings is 1. The standard InChI is InChI=1S/C27H27FN4/c1-2-27-13-5-14-31-15-12-21-20-6-3-4-7-22(20)32(24(21)25(27)31)23(16-27)26(29)30-17-18-8-10-19(28)11-9-18/h3-4,6-11,16-17,25,29H,2,5,12-15H2,1H3/t25-,27+/m1/s1. The summed E-state index contributed by atoms with van der Waals surface area (Å²) in [5, 5.41) is 10.3. The zero-order chi connectivity index (χ0) is 21.9. The van der Waals surface area contributed by atoms with Crippen LogP contribution < -0.4 is 0 Å². The van der Waals surface area contributed by atoms with Gasteiger partial charge in [-0.2, -0.15) is 0 Å². The third kappa shape index (κ3) is 2.77. The zero-order valence-electron chi connectivity index (χ0n) is 18.3. The second kappa shape index (κ2) is 7.24. The number of fused-ring (bicyclic) bond motifs is 3. The number of hydrogen-bond acceptors (Lipinski definition) is 2. The van der Waals surface area contributed by atoms with Crippen LogP contribution in [-0.4, -0.2) is 34.6 Å². The van der Waals surface area contributed by atoms with Crippen molar-refractivity contribution in [2.45, 2.75) is 38.6 Å². The number of hydrogen-bond donors (Lipinski definition) is 1. The van der Waals surface area contributed by atoms with Crippen LogP contribution in [0.2, 0.25) is 0 Å². The van der Waals surface area contributed by atoms with E-state index < -0.39 is 0 Å². The number of para-hydroxylation sites is 1. The van der Waals surface area contributed by atoms with E-state index in [0.717, 1.165) is 43.6 Å². The van der Waals surface area contributed by atoms with Gasteiger partial charge in [0.25, 0.3) is 0 Å². The van der Waals surface area contributed by atoms with Gasteiger partial charge in [0.05, 0.1) is 17.3 Å². The molecule has 0 saturated carbocycles. The van der Waals surface area contributed by atoms with E-state index in [9.17, 15) is 4.39 Å². The summed E-state index contributed by atoms with van der Waals surface area (Å²) in [7, 11) is 0. The largest absolute Gasteiger partial charge is 0.308 e. The Balaban J connectivity index is 1.53. The smallest absolute Gasteiger partial charge is 0.168 e. The summed E-state index contributed by atoms with van der Waals surface area (Å²) >= 11 is 0. The molecular formula is C27H27FN4. The summed E-state index contributed by atoms with van der Waals surface area (Å²) in [6.07, 6.45) is 8.45. The summed E-state index contributed by atoms with van der Waals surface area (Å²) < 4.78 is 15.6.